The number of hydrogen-bond acceptors (Lipinski definition) is 5. The molecule has 1 atom stereocenters. The first-order valence-corrected chi connectivity index (χ1v) is 4.90. The molecule has 0 saturated carbocycles. The summed E-state index contributed by atoms with van der Waals surface area (Å²) in [5, 5.41) is 11.1. The van der Waals surface area contributed by atoms with Crippen molar-refractivity contribution < 1.29 is 19.4 Å². The predicted molar refractivity (Wildman–Crippen MR) is 52.2 cm³/mol. The molecule has 0 bridgehead atoms. The normalized spacial score (nSPS) is 21.3. The monoisotopic (exact) mass is 216 g/mol. The van der Waals surface area contributed by atoms with E-state index in [9.17, 15) is 9.59 Å². The van der Waals surface area contributed by atoms with Gasteiger partial charge in [0.15, 0.2) is 0 Å². The molecule has 0 aromatic carbocycles. The topological polar surface area (TPSA) is 78.9 Å². The number of aliphatic hydroxyl groups excluding tert-OH is 1. The van der Waals surface area contributed by atoms with Gasteiger partial charge < -0.3 is 9.84 Å². The van der Waals surface area contributed by atoms with Gasteiger partial charge in [-0.05, 0) is 19.4 Å². The first-order chi connectivity index (χ1) is 7.17. The molecule has 0 spiro atoms. The molecule has 1 aliphatic heterocycles. The van der Waals surface area contributed by atoms with E-state index < -0.39 is 12.0 Å². The number of nitrogens with zero attached hydrogens (tertiary/aromatic N) is 1. The second-order valence-electron chi connectivity index (χ2n) is 3.49. The SMILES string of the molecule is COC(=O)NC(=O)CN1CCCC1CO. The van der Waals surface area contributed by atoms with Crippen LogP contribution in [0.2, 0.25) is 0 Å². The van der Waals surface area contributed by atoms with E-state index in [1.807, 2.05) is 4.90 Å². The fourth-order valence-corrected chi connectivity index (χ4v) is 1.70. The Balaban J connectivity index is 2.34. The summed E-state index contributed by atoms with van der Waals surface area (Å²) < 4.78 is 4.30. The highest BCUT2D eigenvalue weighted by Crippen LogP contribution is 2.15. The summed E-state index contributed by atoms with van der Waals surface area (Å²) in [5.41, 5.74) is 0. The third kappa shape index (κ3) is 3.49. The Labute approximate surface area is 88.2 Å². The Bertz CT molecular complexity index is 244. The highest BCUT2D eigenvalue weighted by molar-refractivity contribution is 5.92. The number of nitrogens with one attached hydrogen (secondary N) is 1. The molecule has 1 aliphatic rings. The fourth-order valence-electron chi connectivity index (χ4n) is 1.70. The van der Waals surface area contributed by atoms with Gasteiger partial charge >= 0.3 is 6.09 Å². The zero-order chi connectivity index (χ0) is 11.3. The average molecular weight is 216 g/mol. The Morgan fingerprint density at radius 3 is 2.93 bits per heavy atom. The summed E-state index contributed by atoms with van der Waals surface area (Å²) in [5.74, 6) is -0.401. The lowest BCUT2D eigenvalue weighted by Crippen LogP contribution is -2.42. The van der Waals surface area contributed by atoms with Crippen LogP contribution in [0.3, 0.4) is 0 Å². The molecule has 1 rings (SSSR count). The number of hydrogen-bond donors (Lipinski definition) is 2. The lowest BCUT2D eigenvalue weighted by Gasteiger charge is -2.21. The van der Waals surface area contributed by atoms with Gasteiger partial charge in [-0.3, -0.25) is 15.0 Å². The molecule has 6 nitrogen and oxygen atoms in total. The van der Waals surface area contributed by atoms with Gasteiger partial charge in [0.1, 0.15) is 0 Å². The Kier molecular flexibility index (Phi) is 4.51. The third-order valence-corrected chi connectivity index (χ3v) is 2.48. The van der Waals surface area contributed by atoms with Crippen molar-refractivity contribution in [1.82, 2.24) is 10.2 Å². The van der Waals surface area contributed by atoms with Crippen molar-refractivity contribution in [2.75, 3.05) is 26.8 Å². The van der Waals surface area contributed by atoms with Gasteiger partial charge in [0, 0.05) is 6.04 Å². The van der Waals surface area contributed by atoms with E-state index in [0.29, 0.717) is 0 Å². The van der Waals surface area contributed by atoms with E-state index in [1.165, 1.54) is 7.11 Å². The second-order valence-corrected chi connectivity index (χ2v) is 3.49. The molecule has 1 unspecified atom stereocenters. The fraction of sp³-hybridized carbons (Fsp3) is 0.778. The Morgan fingerprint density at radius 2 is 2.33 bits per heavy atom. The van der Waals surface area contributed by atoms with Gasteiger partial charge in [-0.15, -0.1) is 0 Å². The van der Waals surface area contributed by atoms with Crippen LogP contribution in [0.4, 0.5) is 4.79 Å². The lowest BCUT2D eigenvalue weighted by molar-refractivity contribution is -0.121. The summed E-state index contributed by atoms with van der Waals surface area (Å²) in [7, 11) is 1.20. The van der Waals surface area contributed by atoms with E-state index in [0.717, 1.165) is 19.4 Å². The molecule has 0 aliphatic carbocycles. The third-order valence-electron chi connectivity index (χ3n) is 2.48. The zero-order valence-electron chi connectivity index (χ0n) is 8.73. The van der Waals surface area contributed by atoms with Gasteiger partial charge in [-0.1, -0.05) is 0 Å². The number of carbonyl (C=O) groups excluding carboxylic acids is 2. The minimum absolute atomic E-state index is 0.0356. The van der Waals surface area contributed by atoms with Crippen LogP contribution in [0.15, 0.2) is 0 Å². The molecular formula is C9H16N2O4. The number of alkyl carbamates (subject to hydrolysis) is 1. The van der Waals surface area contributed by atoms with Gasteiger partial charge in [0.2, 0.25) is 5.91 Å². The molecule has 0 radical (unpaired) electrons. The van der Waals surface area contributed by atoms with Gasteiger partial charge in [0.25, 0.3) is 0 Å². The van der Waals surface area contributed by atoms with Gasteiger partial charge in [0.05, 0.1) is 20.3 Å². The minimum atomic E-state index is -0.750. The maximum atomic E-state index is 11.3. The van der Waals surface area contributed by atoms with Crippen molar-refractivity contribution >= 4 is 12.0 Å². The quantitative estimate of drug-likeness (QED) is 0.654. The van der Waals surface area contributed by atoms with Crippen molar-refractivity contribution in [3.05, 3.63) is 0 Å². The van der Waals surface area contributed by atoms with Crippen LogP contribution in [-0.4, -0.2) is 54.9 Å². The van der Waals surface area contributed by atoms with E-state index in [1.54, 1.807) is 0 Å². The maximum Gasteiger partial charge on any atom is 0.413 e. The molecule has 1 saturated heterocycles. The largest absolute Gasteiger partial charge is 0.453 e. The maximum absolute atomic E-state index is 11.3. The summed E-state index contributed by atoms with van der Waals surface area (Å²) in [6, 6.07) is 0.0356. The number of methoxy groups -OCH3 is 1. The van der Waals surface area contributed by atoms with Gasteiger partial charge in [-0.2, -0.15) is 0 Å². The molecule has 0 aromatic rings. The van der Waals surface area contributed by atoms with Crippen LogP contribution < -0.4 is 5.32 Å². The van der Waals surface area contributed by atoms with Crippen LogP contribution >= 0.6 is 0 Å². The molecule has 1 fully saturated rings. The van der Waals surface area contributed by atoms with Crippen molar-refractivity contribution in [3.8, 4) is 0 Å². The summed E-state index contributed by atoms with van der Waals surface area (Å²) >= 11 is 0. The highest BCUT2D eigenvalue weighted by atomic mass is 16.5. The van der Waals surface area contributed by atoms with E-state index in [4.69, 9.17) is 5.11 Å². The number of rotatable bonds is 3. The standard InChI is InChI=1S/C9H16N2O4/c1-15-9(14)10-8(13)5-11-4-2-3-7(11)6-12/h7,12H,2-6H2,1H3,(H,10,13,14). The van der Waals surface area contributed by atoms with Crippen molar-refractivity contribution in [3.63, 3.8) is 0 Å². The number of ether oxygens (including phenoxy) is 1. The first-order valence-electron chi connectivity index (χ1n) is 4.90. The van der Waals surface area contributed by atoms with Gasteiger partial charge in [-0.25, -0.2) is 4.79 Å². The number of amides is 2. The highest BCUT2D eigenvalue weighted by Gasteiger charge is 2.25. The number of likely N-dealkylation sites (tertiary alicyclic amines) is 1. The lowest BCUT2D eigenvalue weighted by atomic mass is 10.2. The van der Waals surface area contributed by atoms with E-state index in [-0.39, 0.29) is 19.2 Å². The van der Waals surface area contributed by atoms with Crippen molar-refractivity contribution in [2.24, 2.45) is 0 Å². The summed E-state index contributed by atoms with van der Waals surface area (Å²) in [4.78, 5) is 23.9. The summed E-state index contributed by atoms with van der Waals surface area (Å²) in [6.07, 6.45) is 1.11. The summed E-state index contributed by atoms with van der Waals surface area (Å²) in [6.45, 7) is 0.950. The Morgan fingerprint density at radius 1 is 1.60 bits per heavy atom. The van der Waals surface area contributed by atoms with E-state index in [2.05, 4.69) is 10.1 Å². The Hall–Kier alpha value is -1.14. The molecule has 0 aromatic heterocycles. The number of carbonyl (C=O) groups is 2. The molecule has 15 heavy (non-hydrogen) atoms. The van der Waals surface area contributed by atoms with Crippen LogP contribution in [0, 0.1) is 0 Å². The van der Waals surface area contributed by atoms with Crippen molar-refractivity contribution in [1.29, 1.82) is 0 Å². The van der Waals surface area contributed by atoms with Crippen LogP contribution in [0.1, 0.15) is 12.8 Å². The minimum Gasteiger partial charge on any atom is -0.453 e. The molecular weight excluding hydrogens is 200 g/mol. The number of aliphatic hydroxyl groups is 1. The predicted octanol–water partition coefficient (Wildman–Crippen LogP) is -0.674. The molecule has 86 valence electrons. The van der Waals surface area contributed by atoms with Crippen LogP contribution in [-0.2, 0) is 9.53 Å². The zero-order valence-corrected chi connectivity index (χ0v) is 8.73. The van der Waals surface area contributed by atoms with Crippen LogP contribution in [0.25, 0.3) is 0 Å². The second kappa shape index (κ2) is 5.67. The first kappa shape index (κ1) is 11.9. The molecule has 2 N–H and O–H groups in total. The number of imide groups is 1. The smallest absolute Gasteiger partial charge is 0.413 e. The van der Waals surface area contributed by atoms with Crippen molar-refractivity contribution in [2.45, 2.75) is 18.9 Å². The van der Waals surface area contributed by atoms with E-state index >= 15 is 0 Å². The molecule has 6 heteroatoms. The van der Waals surface area contributed by atoms with Crippen LogP contribution in [0.5, 0.6) is 0 Å². The molecule has 1 heterocycles. The molecule has 2 amide bonds. The average Bonchev–Trinajstić information content (AvgIpc) is 2.64.